The predicted molar refractivity (Wildman–Crippen MR) is 116 cm³/mol. The van der Waals surface area contributed by atoms with Gasteiger partial charge in [0.1, 0.15) is 11.5 Å². The fraction of sp³-hybridized carbons (Fsp3) is 0.333. The first kappa shape index (κ1) is 21.8. The second-order valence-corrected chi connectivity index (χ2v) is 8.45. The molecule has 2 N–H and O–H groups in total. The summed E-state index contributed by atoms with van der Waals surface area (Å²) in [6, 6.07) is 6.63. The molecule has 6 heteroatoms. The van der Waals surface area contributed by atoms with Gasteiger partial charge in [-0.2, -0.15) is 0 Å². The molecule has 5 nitrogen and oxygen atoms in total. The highest BCUT2D eigenvalue weighted by Crippen LogP contribution is 2.50. The van der Waals surface area contributed by atoms with Gasteiger partial charge in [0.2, 0.25) is 0 Å². The van der Waals surface area contributed by atoms with E-state index >= 15 is 0 Å². The van der Waals surface area contributed by atoms with Crippen LogP contribution in [0, 0.1) is 53.8 Å². The van der Waals surface area contributed by atoms with E-state index in [9.17, 15) is 4.57 Å². The number of hydrogen-bond acceptors (Lipinski definition) is 3. The van der Waals surface area contributed by atoms with E-state index in [2.05, 4.69) is 42.6 Å². The first-order valence-corrected chi connectivity index (χ1v) is 11.1. The number of allylic oxidation sites excluding steroid dienone is 3. The number of fused-ring (bicyclic) bond motifs is 2. The molecule has 1 fully saturated rings. The van der Waals surface area contributed by atoms with Crippen LogP contribution >= 0.6 is 7.82 Å². The summed E-state index contributed by atoms with van der Waals surface area (Å²) >= 11 is 0. The molecule has 154 valence electrons. The minimum absolute atomic E-state index is 0.00306. The normalized spacial score (nSPS) is 24.1. The summed E-state index contributed by atoms with van der Waals surface area (Å²) in [7, 11) is -3.03. The molecule has 2 aliphatic carbocycles. The highest BCUT2D eigenvalue weighted by Gasteiger charge is 2.39. The monoisotopic (exact) mass is 422 g/mol. The Labute approximate surface area is 177 Å². The van der Waals surface area contributed by atoms with Gasteiger partial charge in [0.15, 0.2) is 0 Å². The molecule has 1 aromatic rings. The molecule has 0 aromatic heterocycles. The van der Waals surface area contributed by atoms with Crippen LogP contribution in [0.1, 0.15) is 31.7 Å². The number of benzene rings is 1. The van der Waals surface area contributed by atoms with E-state index in [-0.39, 0.29) is 23.5 Å². The van der Waals surface area contributed by atoms with E-state index in [0.29, 0.717) is 11.3 Å². The molecule has 0 radical (unpaired) electrons. The van der Waals surface area contributed by atoms with Crippen LogP contribution in [0.3, 0.4) is 0 Å². The number of phosphoric acid groups is 1. The zero-order valence-corrected chi connectivity index (χ0v) is 17.8. The molecule has 2 bridgehead atoms. The summed E-state index contributed by atoms with van der Waals surface area (Å²) in [5.41, 5.74) is 3.12. The van der Waals surface area contributed by atoms with Crippen LogP contribution in [0.4, 0.5) is 0 Å². The fourth-order valence-electron chi connectivity index (χ4n) is 4.36. The third kappa shape index (κ3) is 4.99. The Morgan fingerprint density at radius 2 is 2.03 bits per heavy atom. The van der Waals surface area contributed by atoms with E-state index in [4.69, 9.17) is 25.5 Å². The van der Waals surface area contributed by atoms with Crippen molar-refractivity contribution >= 4 is 13.6 Å². The second kappa shape index (κ2) is 9.30. The van der Waals surface area contributed by atoms with Crippen molar-refractivity contribution in [1.29, 1.82) is 0 Å². The molecule has 3 atom stereocenters. The lowest BCUT2D eigenvalue weighted by Gasteiger charge is -2.41. The average Bonchev–Trinajstić information content (AvgIpc) is 2.69. The molecular weight excluding hydrogens is 399 g/mol. The number of methoxy groups -OCH3 is 1. The van der Waals surface area contributed by atoms with Gasteiger partial charge in [0.25, 0.3) is 0 Å². The van der Waals surface area contributed by atoms with Crippen LogP contribution in [0.2, 0.25) is 0 Å². The Balaban J connectivity index is 2.09. The minimum atomic E-state index is -4.65. The van der Waals surface area contributed by atoms with Crippen molar-refractivity contribution in [1.82, 2.24) is 0 Å². The van der Waals surface area contributed by atoms with Crippen molar-refractivity contribution in [2.24, 2.45) is 17.8 Å². The summed E-state index contributed by atoms with van der Waals surface area (Å²) < 4.78 is 21.8. The largest absolute Gasteiger partial charge is 0.524 e. The molecule has 0 amide bonds. The predicted octanol–water partition coefficient (Wildman–Crippen LogP) is 4.15. The van der Waals surface area contributed by atoms with Crippen LogP contribution < -0.4 is 4.52 Å². The highest BCUT2D eigenvalue weighted by molar-refractivity contribution is 7.46. The van der Waals surface area contributed by atoms with Gasteiger partial charge >= 0.3 is 7.82 Å². The van der Waals surface area contributed by atoms with Gasteiger partial charge < -0.3 is 9.26 Å². The van der Waals surface area contributed by atoms with Crippen LogP contribution in [-0.2, 0) is 9.30 Å². The van der Waals surface area contributed by atoms with Crippen LogP contribution in [0.5, 0.6) is 5.75 Å². The van der Waals surface area contributed by atoms with Crippen LogP contribution in [0.15, 0.2) is 41.5 Å². The molecule has 1 aromatic carbocycles. The van der Waals surface area contributed by atoms with Gasteiger partial charge in [-0.25, -0.2) is 4.57 Å². The minimum Gasteiger partial charge on any atom is -0.496 e. The Kier molecular flexibility index (Phi) is 6.77. The smallest absolute Gasteiger partial charge is 0.496 e. The highest BCUT2D eigenvalue weighted by atomic mass is 31.2. The number of hydrogen-bond donors (Lipinski definition) is 2. The molecule has 3 unspecified atom stereocenters. The summed E-state index contributed by atoms with van der Waals surface area (Å²) in [6.07, 6.45) is 10.5. The van der Waals surface area contributed by atoms with E-state index in [1.165, 1.54) is 17.2 Å². The van der Waals surface area contributed by atoms with Gasteiger partial charge in [0.05, 0.1) is 7.11 Å². The lowest BCUT2D eigenvalue weighted by Crippen LogP contribution is -2.31. The average molecular weight is 422 g/mol. The van der Waals surface area contributed by atoms with Crippen molar-refractivity contribution in [2.45, 2.75) is 26.2 Å². The quantitative estimate of drug-likeness (QED) is 0.330. The molecule has 0 heterocycles. The Hall–Kier alpha value is -2.87. The lowest BCUT2D eigenvalue weighted by molar-refractivity contribution is 0.283. The van der Waals surface area contributed by atoms with Gasteiger partial charge in [0, 0.05) is 23.3 Å². The molecular formula is C24H23O5P. The maximum atomic E-state index is 11.2. The first-order valence-electron chi connectivity index (χ1n) is 9.62. The van der Waals surface area contributed by atoms with E-state index in [1.807, 2.05) is 6.07 Å². The van der Waals surface area contributed by atoms with Gasteiger partial charge in [-0.3, -0.25) is 9.79 Å². The molecule has 0 aliphatic heterocycles. The van der Waals surface area contributed by atoms with Crippen molar-refractivity contribution in [3.05, 3.63) is 47.1 Å². The standard InChI is InChI=1S/C24H23O5P/c1-4-5-6-7-10-18-15-17(2)21-13-9-14-22(18)23(21)24(28-3)19-11-8-12-20(16-19)29-30(25,26)27/h1,8,11-12,15-16,18,21-22H,9,13-14H2,2-3H3,(H2,25,26,27)/b24-23-. The second-order valence-electron chi connectivity index (χ2n) is 7.29. The number of terminal acetylenes is 1. The van der Waals surface area contributed by atoms with Gasteiger partial charge in [-0.05, 0) is 61.2 Å². The molecule has 3 rings (SSSR count). The summed E-state index contributed by atoms with van der Waals surface area (Å²) in [5, 5.41) is 0. The number of phosphoric ester groups is 1. The third-order valence-electron chi connectivity index (χ3n) is 5.43. The molecule has 1 saturated carbocycles. The zero-order chi connectivity index (χ0) is 21.7. The maximum absolute atomic E-state index is 11.2. The summed E-state index contributed by atoms with van der Waals surface area (Å²) in [4.78, 5) is 18.3. The fourth-order valence-corrected chi connectivity index (χ4v) is 4.75. The van der Waals surface area contributed by atoms with Crippen LogP contribution in [0.25, 0.3) is 5.76 Å². The third-order valence-corrected chi connectivity index (χ3v) is 5.88. The van der Waals surface area contributed by atoms with Gasteiger partial charge in [-0.15, -0.1) is 6.42 Å². The topological polar surface area (TPSA) is 76.0 Å². The molecule has 0 spiro atoms. The van der Waals surface area contributed by atoms with Crippen molar-refractivity contribution in [2.75, 3.05) is 7.11 Å². The molecule has 2 aliphatic rings. The molecule has 0 saturated heterocycles. The van der Waals surface area contributed by atoms with Crippen molar-refractivity contribution < 1.29 is 23.6 Å². The Morgan fingerprint density at radius 3 is 2.73 bits per heavy atom. The summed E-state index contributed by atoms with van der Waals surface area (Å²) in [6.45, 7) is 2.11. The van der Waals surface area contributed by atoms with Crippen molar-refractivity contribution in [3.8, 4) is 41.8 Å². The SMILES string of the molecule is C#CC#CC#CC1C=C(C)C2CCCC1/C2=C(\OC)c1cccc(OP(=O)(O)O)c1. The first-order chi connectivity index (χ1) is 14.3. The lowest BCUT2D eigenvalue weighted by atomic mass is 9.64. The van der Waals surface area contributed by atoms with E-state index in [0.717, 1.165) is 19.3 Å². The van der Waals surface area contributed by atoms with E-state index in [1.54, 1.807) is 19.2 Å². The van der Waals surface area contributed by atoms with E-state index < -0.39 is 7.82 Å². The molecule has 30 heavy (non-hydrogen) atoms. The Bertz CT molecular complexity index is 1090. The van der Waals surface area contributed by atoms with Crippen molar-refractivity contribution in [3.63, 3.8) is 0 Å². The Morgan fingerprint density at radius 1 is 1.23 bits per heavy atom. The number of ether oxygens (including phenoxy) is 1. The summed E-state index contributed by atoms with van der Waals surface area (Å²) in [5.74, 6) is 14.8. The number of rotatable bonds is 4. The van der Waals surface area contributed by atoms with Gasteiger partial charge in [-0.1, -0.05) is 36.1 Å². The van der Waals surface area contributed by atoms with Crippen LogP contribution in [-0.4, -0.2) is 16.9 Å². The maximum Gasteiger partial charge on any atom is 0.524 e. The zero-order valence-electron chi connectivity index (χ0n) is 16.9.